The normalized spacial score (nSPS) is 13.9. The Kier molecular flexibility index (Phi) is 5.63. The van der Waals surface area contributed by atoms with Crippen LogP contribution in [0.25, 0.3) is 5.57 Å². The first-order chi connectivity index (χ1) is 14.6. The summed E-state index contributed by atoms with van der Waals surface area (Å²) in [6.07, 6.45) is 0.450. The van der Waals surface area contributed by atoms with E-state index in [2.05, 4.69) is 5.32 Å². The smallest absolute Gasteiger partial charge is 0.278 e. The summed E-state index contributed by atoms with van der Waals surface area (Å²) in [5, 5.41) is 4.98. The molecule has 2 heterocycles. The molecule has 0 saturated heterocycles. The summed E-state index contributed by atoms with van der Waals surface area (Å²) in [4.78, 5) is 28.2. The van der Waals surface area contributed by atoms with Crippen LogP contribution in [0.1, 0.15) is 10.4 Å². The van der Waals surface area contributed by atoms with Crippen LogP contribution in [0.5, 0.6) is 5.75 Å². The number of hydrogen-bond donors (Lipinski definition) is 1. The third-order valence-corrected chi connectivity index (χ3v) is 5.72. The van der Waals surface area contributed by atoms with Crippen molar-refractivity contribution in [3.8, 4) is 5.75 Å². The van der Waals surface area contributed by atoms with Crippen LogP contribution in [0.15, 0.2) is 71.7 Å². The number of ether oxygens (including phenoxy) is 1. The third-order valence-electron chi connectivity index (χ3n) is 4.83. The monoisotopic (exact) mass is 422 g/mol. The second-order valence-electron chi connectivity index (χ2n) is 6.72. The van der Waals surface area contributed by atoms with Gasteiger partial charge in [-0.05, 0) is 59.8 Å². The van der Waals surface area contributed by atoms with Crippen LogP contribution in [0.2, 0.25) is 0 Å². The fraction of sp³-hybridized carbons (Fsp3) is 0.130. The van der Waals surface area contributed by atoms with E-state index in [0.29, 0.717) is 23.4 Å². The second kappa shape index (κ2) is 8.51. The predicted octanol–water partition coefficient (Wildman–Crippen LogP) is 4.33. The zero-order valence-corrected chi connectivity index (χ0v) is 17.0. The minimum atomic E-state index is -0.374. The van der Waals surface area contributed by atoms with E-state index < -0.39 is 0 Å². The van der Waals surface area contributed by atoms with Crippen molar-refractivity contribution in [3.05, 3.63) is 88.0 Å². The van der Waals surface area contributed by atoms with Crippen molar-refractivity contribution in [1.29, 1.82) is 0 Å². The molecule has 1 aliphatic heterocycles. The Morgan fingerprint density at radius 3 is 2.37 bits per heavy atom. The van der Waals surface area contributed by atoms with Crippen LogP contribution in [0.4, 0.5) is 10.1 Å². The number of carbonyl (C=O) groups excluding carboxylic acids is 2. The number of benzene rings is 2. The summed E-state index contributed by atoms with van der Waals surface area (Å²) in [5.74, 6) is -0.329. The molecule has 3 aromatic rings. The first-order valence-corrected chi connectivity index (χ1v) is 10.2. The molecule has 0 unspecified atom stereocenters. The zero-order chi connectivity index (χ0) is 21.1. The van der Waals surface area contributed by atoms with Crippen molar-refractivity contribution in [2.45, 2.75) is 6.42 Å². The summed E-state index contributed by atoms with van der Waals surface area (Å²) >= 11 is 1.41. The van der Waals surface area contributed by atoms with Crippen LogP contribution in [-0.4, -0.2) is 30.4 Å². The van der Waals surface area contributed by atoms with Crippen molar-refractivity contribution >= 4 is 34.4 Å². The molecule has 0 saturated carbocycles. The number of thiophene rings is 1. The number of carbonyl (C=O) groups is 2. The van der Waals surface area contributed by atoms with E-state index >= 15 is 0 Å². The average Bonchev–Trinajstić information content (AvgIpc) is 3.36. The Morgan fingerprint density at radius 2 is 1.73 bits per heavy atom. The summed E-state index contributed by atoms with van der Waals surface area (Å²) in [7, 11) is 1.58. The standard InChI is InChI=1S/C23H19FN2O3S/c1-29-18-10-8-17(9-11-18)25-21-20(19-3-2-14-30-19)22(27)26(23(21)28)13-12-15-4-6-16(24)7-5-15/h2-11,14,25H,12-13H2,1H3. The Labute approximate surface area is 177 Å². The van der Waals surface area contributed by atoms with Crippen molar-refractivity contribution in [3.63, 3.8) is 0 Å². The van der Waals surface area contributed by atoms with Crippen LogP contribution >= 0.6 is 11.3 Å². The van der Waals surface area contributed by atoms with Crippen LogP contribution in [0.3, 0.4) is 0 Å². The highest BCUT2D eigenvalue weighted by Gasteiger charge is 2.39. The van der Waals surface area contributed by atoms with Gasteiger partial charge in [0, 0.05) is 17.1 Å². The number of halogens is 1. The molecule has 1 aliphatic rings. The quantitative estimate of drug-likeness (QED) is 0.576. The zero-order valence-electron chi connectivity index (χ0n) is 16.2. The number of anilines is 1. The highest BCUT2D eigenvalue weighted by atomic mass is 32.1. The highest BCUT2D eigenvalue weighted by Crippen LogP contribution is 2.33. The van der Waals surface area contributed by atoms with Gasteiger partial charge in [0.25, 0.3) is 11.8 Å². The lowest BCUT2D eigenvalue weighted by molar-refractivity contribution is -0.136. The van der Waals surface area contributed by atoms with Crippen molar-refractivity contribution in [2.75, 3.05) is 19.0 Å². The first-order valence-electron chi connectivity index (χ1n) is 9.36. The fourth-order valence-electron chi connectivity index (χ4n) is 3.26. The minimum absolute atomic E-state index is 0.214. The van der Waals surface area contributed by atoms with Gasteiger partial charge in [-0.2, -0.15) is 0 Å². The predicted molar refractivity (Wildman–Crippen MR) is 115 cm³/mol. The molecule has 7 heteroatoms. The fourth-order valence-corrected chi connectivity index (χ4v) is 4.02. The van der Waals surface area contributed by atoms with E-state index in [0.717, 1.165) is 10.4 Å². The highest BCUT2D eigenvalue weighted by molar-refractivity contribution is 7.11. The van der Waals surface area contributed by atoms with Crippen molar-refractivity contribution < 1.29 is 18.7 Å². The lowest BCUT2D eigenvalue weighted by Gasteiger charge is -2.15. The van der Waals surface area contributed by atoms with Crippen LogP contribution in [-0.2, 0) is 16.0 Å². The molecule has 0 bridgehead atoms. The molecule has 30 heavy (non-hydrogen) atoms. The van der Waals surface area contributed by atoms with Gasteiger partial charge < -0.3 is 10.1 Å². The molecule has 2 aromatic carbocycles. The molecule has 0 radical (unpaired) electrons. The molecule has 5 nitrogen and oxygen atoms in total. The van der Waals surface area contributed by atoms with Gasteiger partial charge in [-0.3, -0.25) is 14.5 Å². The largest absolute Gasteiger partial charge is 0.497 e. The van der Waals surface area contributed by atoms with Gasteiger partial charge in [-0.25, -0.2) is 4.39 Å². The number of nitrogens with zero attached hydrogens (tertiary/aromatic N) is 1. The van der Waals surface area contributed by atoms with Crippen molar-refractivity contribution in [1.82, 2.24) is 4.90 Å². The Balaban J connectivity index is 1.59. The van der Waals surface area contributed by atoms with Gasteiger partial charge in [0.15, 0.2) is 0 Å². The third kappa shape index (κ3) is 3.97. The van der Waals surface area contributed by atoms with Gasteiger partial charge in [0.2, 0.25) is 0 Å². The van der Waals surface area contributed by atoms with Gasteiger partial charge in [0.05, 0.1) is 12.7 Å². The maximum absolute atomic E-state index is 13.1. The maximum atomic E-state index is 13.1. The SMILES string of the molecule is COc1ccc(NC2=C(c3cccs3)C(=O)N(CCc3ccc(F)cc3)C2=O)cc1. The van der Waals surface area contributed by atoms with Gasteiger partial charge in [-0.1, -0.05) is 18.2 Å². The lowest BCUT2D eigenvalue weighted by Crippen LogP contribution is -2.34. The maximum Gasteiger partial charge on any atom is 0.278 e. The van der Waals surface area contributed by atoms with Gasteiger partial charge in [-0.15, -0.1) is 11.3 Å². The Morgan fingerprint density at radius 1 is 1.00 bits per heavy atom. The number of imide groups is 1. The average molecular weight is 422 g/mol. The molecular weight excluding hydrogens is 403 g/mol. The number of amides is 2. The van der Waals surface area contributed by atoms with Crippen LogP contribution in [0, 0.1) is 5.82 Å². The molecule has 1 N–H and O–H groups in total. The summed E-state index contributed by atoms with van der Waals surface area (Å²) < 4.78 is 18.3. The molecule has 1 aromatic heterocycles. The molecule has 0 fully saturated rings. The van der Waals surface area contributed by atoms with Gasteiger partial charge in [0.1, 0.15) is 17.3 Å². The number of hydrogen-bond acceptors (Lipinski definition) is 5. The van der Waals surface area contributed by atoms with Crippen molar-refractivity contribution in [2.24, 2.45) is 0 Å². The van der Waals surface area contributed by atoms with E-state index in [-0.39, 0.29) is 29.9 Å². The van der Waals surface area contributed by atoms with E-state index in [4.69, 9.17) is 4.74 Å². The Bertz CT molecular complexity index is 1090. The second-order valence-corrected chi connectivity index (χ2v) is 7.67. The molecular formula is C23H19FN2O3S. The summed E-state index contributed by atoms with van der Waals surface area (Å²) in [6.45, 7) is 0.214. The molecule has 0 aliphatic carbocycles. The molecule has 4 rings (SSSR count). The summed E-state index contributed by atoms with van der Waals surface area (Å²) in [5.41, 5.74) is 2.16. The number of nitrogens with one attached hydrogen (secondary N) is 1. The molecule has 0 spiro atoms. The van der Waals surface area contributed by atoms with E-state index in [1.807, 2.05) is 17.5 Å². The molecule has 2 amide bonds. The van der Waals surface area contributed by atoms with Crippen LogP contribution < -0.4 is 10.1 Å². The number of rotatable bonds is 7. The van der Waals surface area contributed by atoms with E-state index in [1.165, 1.54) is 28.4 Å². The first kappa shape index (κ1) is 19.8. The van der Waals surface area contributed by atoms with E-state index in [1.54, 1.807) is 43.5 Å². The lowest BCUT2D eigenvalue weighted by atomic mass is 10.1. The Hall–Kier alpha value is -3.45. The molecule has 0 atom stereocenters. The topological polar surface area (TPSA) is 58.6 Å². The molecule has 152 valence electrons. The summed E-state index contributed by atoms with van der Waals surface area (Å²) in [6, 6.07) is 16.9. The van der Waals surface area contributed by atoms with E-state index in [9.17, 15) is 14.0 Å². The van der Waals surface area contributed by atoms with Gasteiger partial charge >= 0.3 is 0 Å². The minimum Gasteiger partial charge on any atom is -0.497 e. The number of methoxy groups -OCH3 is 1.